The van der Waals surface area contributed by atoms with Crippen molar-refractivity contribution >= 4 is 18.7 Å². The average Bonchev–Trinajstić information content (AvgIpc) is 2.52. The lowest BCUT2D eigenvalue weighted by Crippen LogP contribution is -1.75. The van der Waals surface area contributed by atoms with Crippen LogP contribution in [-0.2, 0) is 0 Å². The molecule has 0 saturated carbocycles. The first kappa shape index (κ1) is 8.77. The van der Waals surface area contributed by atoms with Crippen LogP contribution >= 0.6 is 0 Å². The summed E-state index contributed by atoms with van der Waals surface area (Å²) in [4.78, 5) is 7.07. The third kappa shape index (κ3) is 2.08. The van der Waals surface area contributed by atoms with Crippen LogP contribution in [-0.4, -0.2) is 27.7 Å². The van der Waals surface area contributed by atoms with Crippen molar-refractivity contribution in [3.8, 4) is 0 Å². The molecule has 12 heavy (non-hydrogen) atoms. The molecule has 2 aromatic rings. The molecule has 1 aromatic heterocycles. The number of imidazole rings is 1. The highest BCUT2D eigenvalue weighted by molar-refractivity contribution is 6.13. The maximum atomic E-state index is 7.12. The molecule has 0 spiro atoms. The summed E-state index contributed by atoms with van der Waals surface area (Å²) in [6, 6.07) is 7.94. The number of fused-ring (bicyclic) bond motifs is 1. The Morgan fingerprint density at radius 3 is 2.58 bits per heavy atom. The number of rotatable bonds is 0. The fourth-order valence-electron chi connectivity index (χ4n) is 0.880. The van der Waals surface area contributed by atoms with Crippen LogP contribution < -0.4 is 0 Å². The summed E-state index contributed by atoms with van der Waals surface area (Å²) in [5.41, 5.74) is 2.12. The van der Waals surface area contributed by atoms with E-state index in [0.29, 0.717) is 0 Å². The highest BCUT2D eigenvalue weighted by Gasteiger charge is 1.88. The van der Waals surface area contributed by atoms with E-state index in [4.69, 9.17) is 10.0 Å². The zero-order valence-electron chi connectivity index (χ0n) is 6.44. The minimum absolute atomic E-state index is 0.750. The maximum absolute atomic E-state index is 7.12. The third-order valence-electron chi connectivity index (χ3n) is 1.33. The van der Waals surface area contributed by atoms with Crippen molar-refractivity contribution in [2.75, 3.05) is 0 Å². The molecule has 2 rings (SSSR count). The molecule has 5 heteroatoms. The molecule has 0 atom stereocenters. The number of benzene rings is 1. The SMILES string of the molecule is OBO.c1ccc2[nH]cnc2c1. The largest absolute Gasteiger partial charge is 0.432 e. The van der Waals surface area contributed by atoms with Gasteiger partial charge in [0.15, 0.2) is 0 Å². The van der Waals surface area contributed by atoms with Gasteiger partial charge in [-0.1, -0.05) is 12.1 Å². The van der Waals surface area contributed by atoms with Crippen molar-refractivity contribution in [2.24, 2.45) is 0 Å². The Morgan fingerprint density at radius 2 is 1.92 bits per heavy atom. The Labute approximate surface area is 70.2 Å². The molecule has 0 amide bonds. The van der Waals surface area contributed by atoms with Gasteiger partial charge in [0.1, 0.15) is 0 Å². The Bertz CT molecular complexity index is 306. The molecule has 0 bridgehead atoms. The number of hydrogen-bond acceptors (Lipinski definition) is 3. The molecular formula is C7H9BN2O2. The maximum Gasteiger partial charge on any atom is 0.432 e. The standard InChI is InChI=1S/C7H6N2.BH3O2/c1-2-4-7-6(3-1)8-5-9-7;2-1-3/h1-5H,(H,8,9);1-3H. The smallest absolute Gasteiger partial charge is 0.430 e. The highest BCUT2D eigenvalue weighted by Crippen LogP contribution is 2.05. The number of aromatic nitrogens is 2. The Balaban J connectivity index is 0.000000213. The molecule has 0 aliphatic carbocycles. The van der Waals surface area contributed by atoms with Gasteiger partial charge in [-0.25, -0.2) is 4.98 Å². The van der Waals surface area contributed by atoms with Gasteiger partial charge in [-0.3, -0.25) is 0 Å². The molecule has 0 aliphatic heterocycles. The molecule has 0 fully saturated rings. The van der Waals surface area contributed by atoms with Crippen LogP contribution in [0.4, 0.5) is 0 Å². The van der Waals surface area contributed by atoms with Crippen molar-refractivity contribution < 1.29 is 10.0 Å². The van der Waals surface area contributed by atoms with Crippen LogP contribution in [0.1, 0.15) is 0 Å². The number of nitrogens with one attached hydrogen (secondary N) is 1. The van der Waals surface area contributed by atoms with Gasteiger partial charge in [-0.05, 0) is 12.1 Å². The summed E-state index contributed by atoms with van der Waals surface area (Å²) in [7, 11) is -0.750. The van der Waals surface area contributed by atoms with E-state index >= 15 is 0 Å². The Hall–Kier alpha value is -1.33. The quantitative estimate of drug-likeness (QED) is 0.472. The number of nitrogens with zero attached hydrogens (tertiary/aromatic N) is 1. The average molecular weight is 164 g/mol. The van der Waals surface area contributed by atoms with E-state index < -0.39 is 7.69 Å². The zero-order valence-corrected chi connectivity index (χ0v) is 6.44. The lowest BCUT2D eigenvalue weighted by atomic mass is 10.3. The van der Waals surface area contributed by atoms with Gasteiger partial charge >= 0.3 is 7.69 Å². The second-order valence-electron chi connectivity index (χ2n) is 2.06. The third-order valence-corrected chi connectivity index (χ3v) is 1.33. The predicted octanol–water partition coefficient (Wildman–Crippen LogP) is -0.200. The van der Waals surface area contributed by atoms with Crippen molar-refractivity contribution in [3.63, 3.8) is 0 Å². The summed E-state index contributed by atoms with van der Waals surface area (Å²) in [5, 5.41) is 14.2. The van der Waals surface area contributed by atoms with Crippen molar-refractivity contribution in [1.82, 2.24) is 9.97 Å². The molecular weight excluding hydrogens is 155 g/mol. The van der Waals surface area contributed by atoms with Gasteiger partial charge in [0.2, 0.25) is 0 Å². The lowest BCUT2D eigenvalue weighted by molar-refractivity contribution is 0.448. The van der Waals surface area contributed by atoms with E-state index in [-0.39, 0.29) is 0 Å². The summed E-state index contributed by atoms with van der Waals surface area (Å²) in [6.45, 7) is 0. The van der Waals surface area contributed by atoms with E-state index in [1.54, 1.807) is 6.33 Å². The summed E-state index contributed by atoms with van der Waals surface area (Å²) < 4.78 is 0. The minimum atomic E-state index is -0.750. The molecule has 0 aliphatic rings. The monoisotopic (exact) mass is 164 g/mol. The number of aromatic amines is 1. The molecule has 0 unspecified atom stereocenters. The van der Waals surface area contributed by atoms with Crippen LogP contribution in [0.3, 0.4) is 0 Å². The van der Waals surface area contributed by atoms with Gasteiger partial charge in [0, 0.05) is 0 Å². The number of H-pyrrole nitrogens is 1. The molecule has 1 heterocycles. The van der Waals surface area contributed by atoms with Gasteiger partial charge in [-0.15, -0.1) is 0 Å². The van der Waals surface area contributed by atoms with Gasteiger partial charge in [0.25, 0.3) is 0 Å². The first-order chi connectivity index (χ1) is 5.88. The number of para-hydroxylation sites is 2. The first-order valence-corrected chi connectivity index (χ1v) is 3.48. The van der Waals surface area contributed by atoms with Crippen molar-refractivity contribution in [3.05, 3.63) is 30.6 Å². The second kappa shape index (κ2) is 4.53. The van der Waals surface area contributed by atoms with E-state index in [2.05, 4.69) is 9.97 Å². The van der Waals surface area contributed by atoms with E-state index in [0.717, 1.165) is 11.0 Å². The molecule has 0 radical (unpaired) electrons. The van der Waals surface area contributed by atoms with Crippen molar-refractivity contribution in [2.45, 2.75) is 0 Å². The van der Waals surface area contributed by atoms with Crippen LogP contribution in [0.2, 0.25) is 0 Å². The Kier molecular flexibility index (Phi) is 3.31. The van der Waals surface area contributed by atoms with E-state index in [1.807, 2.05) is 24.3 Å². The second-order valence-corrected chi connectivity index (χ2v) is 2.06. The lowest BCUT2D eigenvalue weighted by Gasteiger charge is -1.81. The normalized spacial score (nSPS) is 8.83. The topological polar surface area (TPSA) is 69.1 Å². The molecule has 1 aromatic carbocycles. The fourth-order valence-corrected chi connectivity index (χ4v) is 0.880. The van der Waals surface area contributed by atoms with Gasteiger partial charge in [-0.2, -0.15) is 0 Å². The molecule has 3 N–H and O–H groups in total. The summed E-state index contributed by atoms with van der Waals surface area (Å²) in [5.74, 6) is 0. The molecule has 0 saturated heterocycles. The summed E-state index contributed by atoms with van der Waals surface area (Å²) in [6.07, 6.45) is 1.70. The molecule has 4 nitrogen and oxygen atoms in total. The first-order valence-electron chi connectivity index (χ1n) is 3.48. The number of hydrogen-bond donors (Lipinski definition) is 3. The highest BCUT2D eigenvalue weighted by atomic mass is 16.4. The summed E-state index contributed by atoms with van der Waals surface area (Å²) >= 11 is 0. The zero-order chi connectivity index (χ0) is 8.81. The van der Waals surface area contributed by atoms with Crippen LogP contribution in [0.5, 0.6) is 0 Å². The minimum Gasteiger partial charge on any atom is -0.430 e. The predicted molar refractivity (Wildman–Crippen MR) is 47.7 cm³/mol. The van der Waals surface area contributed by atoms with Crippen LogP contribution in [0.25, 0.3) is 11.0 Å². The van der Waals surface area contributed by atoms with E-state index in [1.165, 1.54) is 0 Å². The van der Waals surface area contributed by atoms with Gasteiger partial charge < -0.3 is 15.0 Å². The van der Waals surface area contributed by atoms with Crippen molar-refractivity contribution in [1.29, 1.82) is 0 Å². The van der Waals surface area contributed by atoms with E-state index in [9.17, 15) is 0 Å². The van der Waals surface area contributed by atoms with Crippen LogP contribution in [0.15, 0.2) is 30.6 Å². The van der Waals surface area contributed by atoms with Gasteiger partial charge in [0.05, 0.1) is 17.4 Å². The Morgan fingerprint density at radius 1 is 1.25 bits per heavy atom. The van der Waals surface area contributed by atoms with Crippen LogP contribution in [0, 0.1) is 0 Å². The fraction of sp³-hybridized carbons (Fsp3) is 0. The molecule has 62 valence electrons.